The second-order valence-corrected chi connectivity index (χ2v) is 9.11. The van der Waals surface area contributed by atoms with Gasteiger partial charge < -0.3 is 10.6 Å². The monoisotopic (exact) mass is 472 g/mol. The van der Waals surface area contributed by atoms with Crippen LogP contribution in [-0.4, -0.2) is 54.1 Å². The van der Waals surface area contributed by atoms with Crippen molar-refractivity contribution in [2.45, 2.75) is 12.8 Å². The van der Waals surface area contributed by atoms with Crippen LogP contribution < -0.4 is 5.73 Å². The Bertz CT molecular complexity index is 1120. The van der Waals surface area contributed by atoms with Crippen molar-refractivity contribution in [1.82, 2.24) is 14.8 Å². The molecule has 2 N–H and O–H groups in total. The number of halogens is 1. The van der Waals surface area contributed by atoms with Crippen LogP contribution in [0.3, 0.4) is 0 Å². The molecule has 34 heavy (non-hydrogen) atoms. The number of pyridine rings is 1. The summed E-state index contributed by atoms with van der Waals surface area (Å²) in [5.41, 5.74) is 10.1. The third-order valence-electron chi connectivity index (χ3n) is 6.50. The first kappa shape index (κ1) is 24.2. The van der Waals surface area contributed by atoms with E-state index in [1.165, 1.54) is 43.9 Å². The lowest BCUT2D eigenvalue weighted by Crippen LogP contribution is -2.47. The van der Waals surface area contributed by atoms with Crippen LogP contribution in [0, 0.1) is 0 Å². The van der Waals surface area contributed by atoms with Crippen LogP contribution in [0.2, 0.25) is 5.02 Å². The number of fused-ring (bicyclic) bond motifs is 1. The number of piperazine rings is 1. The SMILES string of the molecule is CCN1CCN(CC(c2ccccc2)c2ccccc2)CC1.Nc1ccnc2cc(Cl)ccc12. The molecule has 0 bridgehead atoms. The van der Waals surface area contributed by atoms with Gasteiger partial charge in [0, 0.05) is 60.9 Å². The van der Waals surface area contributed by atoms with Gasteiger partial charge in [-0.25, -0.2) is 0 Å². The highest BCUT2D eigenvalue weighted by Crippen LogP contribution is 2.26. The van der Waals surface area contributed by atoms with Gasteiger partial charge in [0.15, 0.2) is 0 Å². The number of likely N-dealkylation sites (N-methyl/N-ethyl adjacent to an activating group) is 1. The summed E-state index contributed by atoms with van der Waals surface area (Å²) in [7, 11) is 0. The predicted molar refractivity (Wildman–Crippen MR) is 144 cm³/mol. The fourth-order valence-electron chi connectivity index (χ4n) is 4.46. The normalized spacial score (nSPS) is 14.7. The maximum Gasteiger partial charge on any atom is 0.0737 e. The lowest BCUT2D eigenvalue weighted by atomic mass is 9.90. The van der Waals surface area contributed by atoms with Crippen LogP contribution in [-0.2, 0) is 0 Å². The summed E-state index contributed by atoms with van der Waals surface area (Å²) in [6.45, 7) is 9.32. The van der Waals surface area contributed by atoms with E-state index < -0.39 is 0 Å². The summed E-state index contributed by atoms with van der Waals surface area (Å²) < 4.78 is 0. The van der Waals surface area contributed by atoms with Gasteiger partial charge in [0.1, 0.15) is 0 Å². The van der Waals surface area contributed by atoms with Gasteiger partial charge in [-0.15, -0.1) is 0 Å². The zero-order chi connectivity index (χ0) is 23.8. The summed E-state index contributed by atoms with van der Waals surface area (Å²) in [6, 6.07) is 29.1. The van der Waals surface area contributed by atoms with E-state index in [-0.39, 0.29) is 0 Å². The Morgan fingerprint density at radius 1 is 0.824 bits per heavy atom. The summed E-state index contributed by atoms with van der Waals surface area (Å²) in [5.74, 6) is 0.468. The van der Waals surface area contributed by atoms with Crippen molar-refractivity contribution in [2.24, 2.45) is 0 Å². The van der Waals surface area contributed by atoms with Gasteiger partial charge >= 0.3 is 0 Å². The minimum atomic E-state index is 0.468. The van der Waals surface area contributed by atoms with Crippen molar-refractivity contribution < 1.29 is 0 Å². The fourth-order valence-corrected chi connectivity index (χ4v) is 4.63. The molecule has 0 amide bonds. The van der Waals surface area contributed by atoms with Crippen molar-refractivity contribution >= 4 is 28.2 Å². The van der Waals surface area contributed by atoms with E-state index >= 15 is 0 Å². The third-order valence-corrected chi connectivity index (χ3v) is 6.73. The summed E-state index contributed by atoms with van der Waals surface area (Å²) in [4.78, 5) is 9.30. The minimum Gasteiger partial charge on any atom is -0.398 e. The quantitative estimate of drug-likeness (QED) is 0.391. The molecule has 4 nitrogen and oxygen atoms in total. The maximum atomic E-state index is 5.79. The number of rotatable bonds is 5. The molecule has 0 spiro atoms. The molecule has 0 atom stereocenters. The molecule has 3 aromatic carbocycles. The van der Waals surface area contributed by atoms with Crippen LogP contribution >= 0.6 is 11.6 Å². The summed E-state index contributed by atoms with van der Waals surface area (Å²) >= 11 is 5.79. The second kappa shape index (κ2) is 12.0. The number of benzene rings is 3. The average molecular weight is 473 g/mol. The third kappa shape index (κ3) is 6.35. The number of nitrogen functional groups attached to an aromatic ring is 1. The minimum absolute atomic E-state index is 0.468. The highest BCUT2D eigenvalue weighted by molar-refractivity contribution is 6.31. The van der Waals surface area contributed by atoms with Crippen LogP contribution in [0.25, 0.3) is 10.9 Å². The molecule has 1 aliphatic heterocycles. The molecular weight excluding hydrogens is 440 g/mol. The Balaban J connectivity index is 0.000000192. The number of anilines is 1. The smallest absolute Gasteiger partial charge is 0.0737 e. The molecule has 0 aliphatic carbocycles. The largest absolute Gasteiger partial charge is 0.398 e. The van der Waals surface area contributed by atoms with E-state index in [1.54, 1.807) is 18.3 Å². The van der Waals surface area contributed by atoms with Crippen molar-refractivity contribution in [2.75, 3.05) is 45.0 Å². The lowest BCUT2D eigenvalue weighted by molar-refractivity contribution is 0.134. The molecule has 4 aromatic rings. The Morgan fingerprint density at radius 2 is 1.41 bits per heavy atom. The van der Waals surface area contributed by atoms with E-state index in [2.05, 4.69) is 82.4 Å². The molecule has 1 fully saturated rings. The van der Waals surface area contributed by atoms with Gasteiger partial charge in [-0.2, -0.15) is 0 Å². The number of hydrogen-bond acceptors (Lipinski definition) is 4. The van der Waals surface area contributed by atoms with Crippen LogP contribution in [0.15, 0.2) is 91.1 Å². The Morgan fingerprint density at radius 3 is 2.00 bits per heavy atom. The van der Waals surface area contributed by atoms with Crippen molar-refractivity contribution in [1.29, 1.82) is 0 Å². The molecular formula is C29H33ClN4. The lowest BCUT2D eigenvalue weighted by Gasteiger charge is -2.36. The van der Waals surface area contributed by atoms with E-state index in [1.807, 2.05) is 12.1 Å². The van der Waals surface area contributed by atoms with Crippen LogP contribution in [0.1, 0.15) is 24.0 Å². The maximum absolute atomic E-state index is 5.79. The molecule has 0 saturated carbocycles. The highest BCUT2D eigenvalue weighted by Gasteiger charge is 2.21. The van der Waals surface area contributed by atoms with Gasteiger partial charge in [0.25, 0.3) is 0 Å². The van der Waals surface area contributed by atoms with Gasteiger partial charge in [-0.3, -0.25) is 9.88 Å². The molecule has 5 rings (SSSR count). The number of nitrogens with zero attached hydrogens (tertiary/aromatic N) is 3. The predicted octanol–water partition coefficient (Wildman–Crippen LogP) is 5.93. The van der Waals surface area contributed by atoms with Crippen molar-refractivity contribution in [3.63, 3.8) is 0 Å². The highest BCUT2D eigenvalue weighted by atomic mass is 35.5. The van der Waals surface area contributed by atoms with Crippen LogP contribution in [0.4, 0.5) is 5.69 Å². The Labute approximate surface area is 208 Å². The molecule has 5 heteroatoms. The molecule has 1 aliphatic rings. The molecule has 1 aromatic heterocycles. The first-order chi connectivity index (χ1) is 16.6. The van der Waals surface area contributed by atoms with Crippen molar-refractivity contribution in [3.8, 4) is 0 Å². The van der Waals surface area contributed by atoms with E-state index in [9.17, 15) is 0 Å². The number of hydrogen-bond donors (Lipinski definition) is 1. The zero-order valence-corrected chi connectivity index (χ0v) is 20.5. The second-order valence-electron chi connectivity index (χ2n) is 8.67. The summed E-state index contributed by atoms with van der Waals surface area (Å²) in [6.07, 6.45) is 1.67. The number of nitrogens with two attached hydrogens (primary N) is 1. The molecule has 0 unspecified atom stereocenters. The fraction of sp³-hybridized carbons (Fsp3) is 0.276. The zero-order valence-electron chi connectivity index (χ0n) is 19.8. The molecule has 0 radical (unpaired) electrons. The topological polar surface area (TPSA) is 45.4 Å². The summed E-state index contributed by atoms with van der Waals surface area (Å²) in [5, 5.41) is 1.63. The van der Waals surface area contributed by atoms with E-state index in [0.717, 1.165) is 23.1 Å². The average Bonchev–Trinajstić information content (AvgIpc) is 2.89. The standard InChI is InChI=1S/C20H26N2.C9H7ClN2/c1-2-21-13-15-22(16-14-21)17-20(18-9-5-3-6-10-18)19-11-7-4-8-12-19;10-6-1-2-7-8(11)3-4-12-9(7)5-6/h3-12,20H,2,13-17H2,1H3;1-5H,(H2,11,12). The molecule has 2 heterocycles. The number of aromatic nitrogens is 1. The molecule has 176 valence electrons. The van der Waals surface area contributed by atoms with Crippen molar-refractivity contribution in [3.05, 3.63) is 107 Å². The Kier molecular flexibility index (Phi) is 8.53. The van der Waals surface area contributed by atoms with E-state index in [4.69, 9.17) is 17.3 Å². The van der Waals surface area contributed by atoms with Gasteiger partial charge in [-0.05, 0) is 41.9 Å². The first-order valence-electron chi connectivity index (χ1n) is 12.0. The first-order valence-corrected chi connectivity index (χ1v) is 12.4. The van der Waals surface area contributed by atoms with Gasteiger partial charge in [-0.1, -0.05) is 79.2 Å². The van der Waals surface area contributed by atoms with Gasteiger partial charge in [0.05, 0.1) is 5.52 Å². The van der Waals surface area contributed by atoms with Crippen LogP contribution in [0.5, 0.6) is 0 Å². The van der Waals surface area contributed by atoms with Gasteiger partial charge in [0.2, 0.25) is 0 Å². The van der Waals surface area contributed by atoms with E-state index in [0.29, 0.717) is 10.9 Å². The molecule has 1 saturated heterocycles. The Hall–Kier alpha value is -2.92.